The average molecular weight is 217 g/mol. The van der Waals surface area contributed by atoms with Crippen LogP contribution in [-0.4, -0.2) is 20.6 Å². The van der Waals surface area contributed by atoms with E-state index in [1.165, 1.54) is 11.8 Å². The van der Waals surface area contributed by atoms with Crippen LogP contribution in [-0.2, 0) is 10.0 Å². The van der Waals surface area contributed by atoms with E-state index in [1.807, 2.05) is 6.26 Å². The molecule has 1 aromatic carbocycles. The first kappa shape index (κ1) is 10.6. The Kier molecular flexibility index (Phi) is 3.77. The van der Waals surface area contributed by atoms with Gasteiger partial charge >= 0.3 is 0 Å². The SMILES string of the molecule is CSCNS(=O)(=O)c1ccccc1. The Bertz CT molecular complexity index is 348. The molecule has 0 atom stereocenters. The van der Waals surface area contributed by atoms with Gasteiger partial charge in [-0.2, -0.15) is 0 Å². The molecule has 0 fully saturated rings. The van der Waals surface area contributed by atoms with Crippen LogP contribution >= 0.6 is 11.8 Å². The highest BCUT2D eigenvalue weighted by Gasteiger charge is 2.10. The van der Waals surface area contributed by atoms with Gasteiger partial charge in [0.05, 0.1) is 10.8 Å². The van der Waals surface area contributed by atoms with Gasteiger partial charge in [0.15, 0.2) is 0 Å². The molecule has 0 aliphatic rings. The van der Waals surface area contributed by atoms with Crippen LogP contribution in [0.4, 0.5) is 0 Å². The lowest BCUT2D eigenvalue weighted by molar-refractivity contribution is 0.587. The lowest BCUT2D eigenvalue weighted by Gasteiger charge is -2.03. The zero-order valence-electron chi connectivity index (χ0n) is 7.23. The van der Waals surface area contributed by atoms with Gasteiger partial charge in [0.2, 0.25) is 10.0 Å². The lowest BCUT2D eigenvalue weighted by atomic mass is 10.4. The van der Waals surface area contributed by atoms with Crippen molar-refractivity contribution < 1.29 is 8.42 Å². The number of rotatable bonds is 4. The molecule has 1 rings (SSSR count). The van der Waals surface area contributed by atoms with E-state index >= 15 is 0 Å². The number of hydrogen-bond donors (Lipinski definition) is 1. The van der Waals surface area contributed by atoms with Gasteiger partial charge in [-0.05, 0) is 18.4 Å². The Labute approximate surface area is 82.6 Å². The predicted octanol–water partition coefficient (Wildman–Crippen LogP) is 1.29. The quantitative estimate of drug-likeness (QED) is 0.773. The van der Waals surface area contributed by atoms with E-state index < -0.39 is 10.0 Å². The molecular weight excluding hydrogens is 206 g/mol. The van der Waals surface area contributed by atoms with Crippen molar-refractivity contribution in [1.29, 1.82) is 0 Å². The van der Waals surface area contributed by atoms with Crippen LogP contribution in [0.2, 0.25) is 0 Å². The van der Waals surface area contributed by atoms with Crippen LogP contribution in [0, 0.1) is 0 Å². The van der Waals surface area contributed by atoms with E-state index in [1.54, 1.807) is 30.3 Å². The zero-order chi connectivity index (χ0) is 9.73. The summed E-state index contributed by atoms with van der Waals surface area (Å²) in [4.78, 5) is 0.309. The zero-order valence-corrected chi connectivity index (χ0v) is 8.86. The summed E-state index contributed by atoms with van der Waals surface area (Å²) in [6.07, 6.45) is 1.84. The Morgan fingerprint density at radius 2 is 1.92 bits per heavy atom. The highest BCUT2D eigenvalue weighted by Crippen LogP contribution is 2.07. The van der Waals surface area contributed by atoms with Gasteiger partial charge in [0.25, 0.3) is 0 Å². The Hall–Kier alpha value is -0.520. The Morgan fingerprint density at radius 3 is 2.46 bits per heavy atom. The molecule has 13 heavy (non-hydrogen) atoms. The lowest BCUT2D eigenvalue weighted by Crippen LogP contribution is -2.22. The maximum atomic E-state index is 11.5. The number of benzene rings is 1. The van der Waals surface area contributed by atoms with Crippen LogP contribution in [0.3, 0.4) is 0 Å². The third-order valence-electron chi connectivity index (χ3n) is 1.45. The Morgan fingerprint density at radius 1 is 1.31 bits per heavy atom. The summed E-state index contributed by atoms with van der Waals surface area (Å²) >= 11 is 1.43. The summed E-state index contributed by atoms with van der Waals surface area (Å²) in [5, 5.41) is 0. The fourth-order valence-corrected chi connectivity index (χ4v) is 2.59. The molecule has 0 aromatic heterocycles. The molecule has 0 saturated carbocycles. The number of thioether (sulfide) groups is 1. The predicted molar refractivity (Wildman–Crippen MR) is 55.1 cm³/mol. The highest BCUT2D eigenvalue weighted by molar-refractivity contribution is 7.99. The van der Waals surface area contributed by atoms with Crippen molar-refractivity contribution in [2.75, 3.05) is 12.1 Å². The monoisotopic (exact) mass is 217 g/mol. The van der Waals surface area contributed by atoms with Crippen molar-refractivity contribution in [2.24, 2.45) is 0 Å². The highest BCUT2D eigenvalue weighted by atomic mass is 32.2. The summed E-state index contributed by atoms with van der Waals surface area (Å²) < 4.78 is 25.4. The summed E-state index contributed by atoms with van der Waals surface area (Å²) in [5.74, 6) is 0.400. The van der Waals surface area contributed by atoms with E-state index in [-0.39, 0.29) is 0 Å². The average Bonchev–Trinajstić information content (AvgIpc) is 2.16. The molecule has 0 unspecified atom stereocenters. The molecule has 0 aliphatic heterocycles. The van der Waals surface area contributed by atoms with Crippen LogP contribution in [0.25, 0.3) is 0 Å². The minimum Gasteiger partial charge on any atom is -0.207 e. The molecule has 1 N–H and O–H groups in total. The molecule has 0 radical (unpaired) electrons. The smallest absolute Gasteiger partial charge is 0.207 e. The van der Waals surface area contributed by atoms with Crippen molar-refractivity contribution in [1.82, 2.24) is 4.72 Å². The molecule has 0 amide bonds. The van der Waals surface area contributed by atoms with Gasteiger partial charge in [0.1, 0.15) is 0 Å². The fraction of sp³-hybridized carbons (Fsp3) is 0.250. The summed E-state index contributed by atoms with van der Waals surface area (Å²) in [5.41, 5.74) is 0. The maximum absolute atomic E-state index is 11.5. The third kappa shape index (κ3) is 3.02. The van der Waals surface area contributed by atoms with E-state index in [0.717, 1.165) is 0 Å². The van der Waals surface area contributed by atoms with Crippen molar-refractivity contribution >= 4 is 21.8 Å². The molecule has 72 valence electrons. The minimum absolute atomic E-state index is 0.309. The molecule has 0 heterocycles. The molecule has 3 nitrogen and oxygen atoms in total. The fourth-order valence-electron chi connectivity index (χ4n) is 0.819. The summed E-state index contributed by atoms with van der Waals surface area (Å²) in [6.45, 7) is 0. The molecule has 0 bridgehead atoms. The second-order valence-corrected chi connectivity index (χ2v) is 5.03. The largest absolute Gasteiger partial charge is 0.241 e. The molecule has 0 spiro atoms. The van der Waals surface area contributed by atoms with Crippen molar-refractivity contribution in [3.63, 3.8) is 0 Å². The first-order valence-electron chi connectivity index (χ1n) is 3.70. The standard InChI is InChI=1S/C8H11NO2S2/c1-12-7-9-13(10,11)8-5-3-2-4-6-8/h2-6,9H,7H2,1H3. The Balaban J connectivity index is 2.83. The third-order valence-corrected chi connectivity index (χ3v) is 3.48. The van der Waals surface area contributed by atoms with Gasteiger partial charge in [-0.15, -0.1) is 11.8 Å². The van der Waals surface area contributed by atoms with Crippen LogP contribution in [0.1, 0.15) is 0 Å². The molecular formula is C8H11NO2S2. The van der Waals surface area contributed by atoms with Gasteiger partial charge < -0.3 is 0 Å². The normalized spacial score (nSPS) is 11.5. The van der Waals surface area contributed by atoms with Gasteiger partial charge in [-0.1, -0.05) is 18.2 Å². The van der Waals surface area contributed by atoms with Gasteiger partial charge in [-0.25, -0.2) is 13.1 Å². The summed E-state index contributed by atoms with van der Waals surface area (Å²) in [7, 11) is -3.29. The van der Waals surface area contributed by atoms with Crippen LogP contribution < -0.4 is 4.72 Å². The molecule has 1 aromatic rings. The minimum atomic E-state index is -3.29. The number of nitrogens with one attached hydrogen (secondary N) is 1. The van der Waals surface area contributed by atoms with E-state index in [2.05, 4.69) is 4.72 Å². The van der Waals surface area contributed by atoms with Gasteiger partial charge in [0, 0.05) is 0 Å². The maximum Gasteiger partial charge on any atom is 0.241 e. The van der Waals surface area contributed by atoms with E-state index in [9.17, 15) is 8.42 Å². The molecule has 0 aliphatic carbocycles. The number of hydrogen-bond acceptors (Lipinski definition) is 3. The van der Waals surface area contributed by atoms with E-state index in [4.69, 9.17) is 0 Å². The van der Waals surface area contributed by atoms with Gasteiger partial charge in [-0.3, -0.25) is 0 Å². The number of sulfonamides is 1. The van der Waals surface area contributed by atoms with Crippen LogP contribution in [0.5, 0.6) is 0 Å². The van der Waals surface area contributed by atoms with Crippen molar-refractivity contribution in [3.8, 4) is 0 Å². The second kappa shape index (κ2) is 4.64. The van der Waals surface area contributed by atoms with Crippen molar-refractivity contribution in [3.05, 3.63) is 30.3 Å². The first-order chi connectivity index (χ1) is 6.17. The second-order valence-electron chi connectivity index (χ2n) is 2.39. The topological polar surface area (TPSA) is 46.2 Å². The summed E-state index contributed by atoms with van der Waals surface area (Å²) in [6, 6.07) is 8.33. The van der Waals surface area contributed by atoms with Crippen LogP contribution in [0.15, 0.2) is 35.2 Å². The molecule has 0 saturated heterocycles. The van der Waals surface area contributed by atoms with E-state index in [0.29, 0.717) is 10.8 Å². The first-order valence-corrected chi connectivity index (χ1v) is 6.58. The molecule has 5 heteroatoms. The van der Waals surface area contributed by atoms with Crippen molar-refractivity contribution in [2.45, 2.75) is 4.90 Å².